The van der Waals surface area contributed by atoms with E-state index in [0.29, 0.717) is 0 Å². The lowest BCUT2D eigenvalue weighted by atomic mass is 10.4. The molecule has 0 saturated carbocycles. The van der Waals surface area contributed by atoms with Crippen molar-refractivity contribution in [3.63, 3.8) is 0 Å². The van der Waals surface area contributed by atoms with Gasteiger partial charge in [-0.05, 0) is 0 Å². The molecule has 0 amide bonds. The fraction of sp³-hybridized carbons (Fsp3) is 0.333. The lowest BCUT2D eigenvalue weighted by Crippen LogP contribution is -2.17. The van der Waals surface area contributed by atoms with E-state index in [1.165, 1.54) is 0 Å². The number of ketones is 1. The highest BCUT2D eigenvalue weighted by atomic mass is 16.1. The molecular weight excluding hydrogens is 80.0 g/mol. The maximum atomic E-state index is 9.88. The first-order valence-electron chi connectivity index (χ1n) is 1.59. The van der Waals surface area contributed by atoms with E-state index >= 15 is 0 Å². The van der Waals surface area contributed by atoms with Crippen molar-refractivity contribution < 1.29 is 4.79 Å². The molecule has 0 saturated heterocycles. The average Bonchev–Trinajstić information content (AvgIpc) is 1.65. The number of Topliss-reactive ketones (excluding diaryl/α,β-unsaturated/α-hetero) is 1. The Morgan fingerprint density at radius 2 is 2.33 bits per heavy atom. The summed E-state index contributed by atoms with van der Waals surface area (Å²) in [5.74, 6) is -0.227. The normalized spacial score (nSPS) is 8.33. The van der Waals surface area contributed by atoms with Crippen LogP contribution >= 0.6 is 0 Å². The minimum atomic E-state index is -0.227. The van der Waals surface area contributed by atoms with Gasteiger partial charge in [0.15, 0.2) is 5.78 Å². The summed E-state index contributed by atoms with van der Waals surface area (Å²) >= 11 is 0. The van der Waals surface area contributed by atoms with Gasteiger partial charge in [-0.1, -0.05) is 0 Å². The van der Waals surface area contributed by atoms with Gasteiger partial charge in [0.25, 0.3) is 0 Å². The molecule has 3 heteroatoms. The van der Waals surface area contributed by atoms with Crippen LogP contribution in [0.15, 0.2) is 0 Å². The van der Waals surface area contributed by atoms with E-state index < -0.39 is 0 Å². The first-order chi connectivity index (χ1) is 2.81. The quantitative estimate of drug-likeness (QED) is 0.437. The van der Waals surface area contributed by atoms with Crippen LogP contribution in [0.5, 0.6) is 0 Å². The second kappa shape index (κ2) is 2.81. The Bertz CT molecular complexity index is 46.8. The minimum absolute atomic E-state index is 0.0104. The fourth-order valence-corrected chi connectivity index (χ4v) is 0.0680. The second-order valence-electron chi connectivity index (χ2n) is 0.837. The molecule has 0 fully saturated rings. The Hall–Kier alpha value is -0.410. The maximum absolute atomic E-state index is 9.88. The molecule has 0 rings (SSSR count). The van der Waals surface area contributed by atoms with Gasteiger partial charge in [0.1, 0.15) is 0 Å². The molecule has 0 spiro atoms. The zero-order chi connectivity index (χ0) is 4.99. The summed E-state index contributed by atoms with van der Waals surface area (Å²) in [6, 6.07) is 0. The third-order valence-electron chi connectivity index (χ3n) is 0.387. The van der Waals surface area contributed by atoms with Crippen molar-refractivity contribution in [3.8, 4) is 0 Å². The lowest BCUT2D eigenvalue weighted by Gasteiger charge is -1.81. The van der Waals surface area contributed by atoms with Crippen LogP contribution in [0.4, 0.5) is 0 Å². The molecule has 0 aliphatic rings. The predicted molar refractivity (Wildman–Crippen MR) is 22.5 cm³/mol. The summed E-state index contributed by atoms with van der Waals surface area (Å²) in [5, 5.41) is 0. The number of carbonyl (C=O) groups excluding carboxylic acids is 1. The lowest BCUT2D eigenvalue weighted by molar-refractivity contribution is -0.114. The van der Waals surface area contributed by atoms with Crippen LogP contribution in [0.25, 0.3) is 0 Å². The first kappa shape index (κ1) is 5.59. The van der Waals surface area contributed by atoms with Crippen LogP contribution in [-0.4, -0.2) is 12.3 Å². The van der Waals surface area contributed by atoms with Gasteiger partial charge in [-0.3, -0.25) is 4.79 Å². The van der Waals surface area contributed by atoms with Gasteiger partial charge < -0.3 is 11.5 Å². The van der Waals surface area contributed by atoms with Crippen LogP contribution in [0.2, 0.25) is 0 Å². The van der Waals surface area contributed by atoms with Crippen LogP contribution in [0.1, 0.15) is 0 Å². The molecule has 0 atom stereocenters. The summed E-state index contributed by atoms with van der Waals surface area (Å²) in [7, 11) is 0. The summed E-state index contributed by atoms with van der Waals surface area (Å²) in [4.78, 5) is 9.88. The topological polar surface area (TPSA) is 69.1 Å². The second-order valence-corrected chi connectivity index (χ2v) is 0.837. The largest absolute Gasteiger partial charge is 0.324 e. The Labute approximate surface area is 36.3 Å². The monoisotopic (exact) mass is 87.1 g/mol. The summed E-state index contributed by atoms with van der Waals surface area (Å²) in [5.41, 5.74) is 9.55. The fourth-order valence-electron chi connectivity index (χ4n) is 0.0680. The van der Waals surface area contributed by atoms with E-state index in [2.05, 4.69) is 0 Å². The highest BCUT2D eigenvalue weighted by molar-refractivity contribution is 5.87. The summed E-state index contributed by atoms with van der Waals surface area (Å²) < 4.78 is 0. The van der Waals surface area contributed by atoms with E-state index in [0.717, 1.165) is 6.54 Å². The Morgan fingerprint density at radius 3 is 2.33 bits per heavy atom. The number of carbonyl (C=O) groups is 1. The maximum Gasteiger partial charge on any atom is 0.165 e. The van der Waals surface area contributed by atoms with Crippen LogP contribution in [0, 0.1) is 6.54 Å². The SMILES string of the molecule is N[CH]C(=O)CN. The number of hydrogen-bond acceptors (Lipinski definition) is 3. The Balaban J connectivity index is 2.99. The standard InChI is InChI=1S/C3H7N2O/c4-1-3(6)2-5/h1H,2,4-5H2. The molecular formula is C3H7N2O. The number of hydrogen-bond donors (Lipinski definition) is 2. The Kier molecular flexibility index (Phi) is 2.62. The van der Waals surface area contributed by atoms with E-state index in [4.69, 9.17) is 11.5 Å². The summed E-state index contributed by atoms with van der Waals surface area (Å²) in [6.07, 6.45) is 0. The predicted octanol–water partition coefficient (Wildman–Crippen LogP) is -1.37. The van der Waals surface area contributed by atoms with Gasteiger partial charge in [-0.2, -0.15) is 0 Å². The van der Waals surface area contributed by atoms with Crippen molar-refractivity contribution in [1.29, 1.82) is 0 Å². The first-order valence-corrected chi connectivity index (χ1v) is 1.59. The number of nitrogens with two attached hydrogens (primary N) is 2. The molecule has 0 aromatic heterocycles. The summed E-state index contributed by atoms with van der Waals surface area (Å²) in [6.45, 7) is 0.969. The molecule has 0 bridgehead atoms. The van der Waals surface area contributed by atoms with Crippen LogP contribution in [-0.2, 0) is 4.79 Å². The molecule has 1 radical (unpaired) electrons. The van der Waals surface area contributed by atoms with Crippen molar-refractivity contribution in [2.75, 3.05) is 6.54 Å². The smallest absolute Gasteiger partial charge is 0.165 e. The molecule has 0 unspecified atom stereocenters. The van der Waals surface area contributed by atoms with Crippen molar-refractivity contribution in [2.24, 2.45) is 11.5 Å². The van der Waals surface area contributed by atoms with Crippen LogP contribution in [0.3, 0.4) is 0 Å². The molecule has 0 aliphatic heterocycles. The van der Waals surface area contributed by atoms with E-state index in [1.807, 2.05) is 0 Å². The third kappa shape index (κ3) is 1.87. The van der Waals surface area contributed by atoms with E-state index in [-0.39, 0.29) is 12.3 Å². The van der Waals surface area contributed by atoms with Gasteiger partial charge in [0, 0.05) is 0 Å². The highest BCUT2D eigenvalue weighted by Gasteiger charge is 1.88. The number of rotatable bonds is 2. The highest BCUT2D eigenvalue weighted by Crippen LogP contribution is 1.60. The molecule has 0 aromatic carbocycles. The third-order valence-corrected chi connectivity index (χ3v) is 0.387. The zero-order valence-electron chi connectivity index (χ0n) is 3.35. The van der Waals surface area contributed by atoms with Crippen molar-refractivity contribution in [1.82, 2.24) is 0 Å². The van der Waals surface area contributed by atoms with Gasteiger partial charge in [0.05, 0.1) is 13.1 Å². The van der Waals surface area contributed by atoms with Crippen molar-refractivity contribution in [3.05, 3.63) is 6.54 Å². The average molecular weight is 87.1 g/mol. The van der Waals surface area contributed by atoms with Gasteiger partial charge >= 0.3 is 0 Å². The molecule has 0 aliphatic carbocycles. The molecule has 0 aromatic rings. The molecule has 4 N–H and O–H groups in total. The van der Waals surface area contributed by atoms with Crippen LogP contribution < -0.4 is 11.5 Å². The van der Waals surface area contributed by atoms with Gasteiger partial charge in [-0.25, -0.2) is 0 Å². The molecule has 6 heavy (non-hydrogen) atoms. The zero-order valence-corrected chi connectivity index (χ0v) is 3.35. The minimum Gasteiger partial charge on any atom is -0.324 e. The molecule has 0 heterocycles. The van der Waals surface area contributed by atoms with Crippen molar-refractivity contribution in [2.45, 2.75) is 0 Å². The van der Waals surface area contributed by atoms with Gasteiger partial charge in [0.2, 0.25) is 0 Å². The Morgan fingerprint density at radius 1 is 1.83 bits per heavy atom. The molecule has 3 nitrogen and oxygen atoms in total. The van der Waals surface area contributed by atoms with E-state index in [1.54, 1.807) is 0 Å². The molecule has 35 valence electrons. The van der Waals surface area contributed by atoms with Crippen molar-refractivity contribution >= 4 is 5.78 Å². The van der Waals surface area contributed by atoms with E-state index in [9.17, 15) is 4.79 Å². The van der Waals surface area contributed by atoms with Gasteiger partial charge in [-0.15, -0.1) is 0 Å².